The van der Waals surface area contributed by atoms with Crippen LogP contribution < -0.4 is 0 Å². The molecule has 3 heteroatoms. The SMILES string of the molecule is CC[C@H](Cc1ccc(C)s1)C(=O)O. The Labute approximate surface area is 82.2 Å². The molecule has 0 aromatic carbocycles. The van der Waals surface area contributed by atoms with Crippen LogP contribution in [0.3, 0.4) is 0 Å². The van der Waals surface area contributed by atoms with Crippen molar-refractivity contribution in [3.8, 4) is 0 Å². The summed E-state index contributed by atoms with van der Waals surface area (Å²) in [6.07, 6.45) is 1.37. The van der Waals surface area contributed by atoms with Crippen LogP contribution in [0.25, 0.3) is 0 Å². The lowest BCUT2D eigenvalue weighted by Crippen LogP contribution is -2.14. The first-order chi connectivity index (χ1) is 6.13. The second kappa shape index (κ2) is 4.42. The van der Waals surface area contributed by atoms with Crippen molar-refractivity contribution in [3.05, 3.63) is 21.9 Å². The first-order valence-corrected chi connectivity index (χ1v) is 5.23. The van der Waals surface area contributed by atoms with Crippen LogP contribution in [0.5, 0.6) is 0 Å². The van der Waals surface area contributed by atoms with Crippen molar-refractivity contribution in [1.82, 2.24) is 0 Å². The zero-order valence-electron chi connectivity index (χ0n) is 7.91. The summed E-state index contributed by atoms with van der Waals surface area (Å²) < 4.78 is 0. The van der Waals surface area contributed by atoms with Crippen molar-refractivity contribution < 1.29 is 9.90 Å². The van der Waals surface area contributed by atoms with Gasteiger partial charge in [0.25, 0.3) is 0 Å². The number of carboxylic acids is 1. The van der Waals surface area contributed by atoms with Crippen LogP contribution in [0, 0.1) is 12.8 Å². The van der Waals surface area contributed by atoms with Crippen LogP contribution in [0.4, 0.5) is 0 Å². The lowest BCUT2D eigenvalue weighted by Gasteiger charge is -2.06. The zero-order chi connectivity index (χ0) is 9.84. The largest absolute Gasteiger partial charge is 0.481 e. The van der Waals surface area contributed by atoms with Gasteiger partial charge in [-0.05, 0) is 31.9 Å². The third-order valence-corrected chi connectivity index (χ3v) is 3.11. The maximum absolute atomic E-state index is 10.7. The predicted octanol–water partition coefficient (Wildman–Crippen LogP) is 2.71. The maximum Gasteiger partial charge on any atom is 0.306 e. The lowest BCUT2D eigenvalue weighted by atomic mass is 10.0. The lowest BCUT2D eigenvalue weighted by molar-refractivity contribution is -0.141. The second-order valence-corrected chi connectivity index (χ2v) is 4.53. The minimum Gasteiger partial charge on any atom is -0.481 e. The molecule has 72 valence electrons. The normalized spacial score (nSPS) is 12.8. The molecular weight excluding hydrogens is 184 g/mol. The number of hydrogen-bond acceptors (Lipinski definition) is 2. The first kappa shape index (κ1) is 10.3. The molecule has 0 bridgehead atoms. The number of thiophene rings is 1. The smallest absolute Gasteiger partial charge is 0.306 e. The van der Waals surface area contributed by atoms with Crippen LogP contribution in [0.2, 0.25) is 0 Å². The third kappa shape index (κ3) is 2.84. The molecule has 0 saturated carbocycles. The van der Waals surface area contributed by atoms with E-state index in [1.807, 2.05) is 26.0 Å². The van der Waals surface area contributed by atoms with Crippen molar-refractivity contribution in [3.63, 3.8) is 0 Å². The summed E-state index contributed by atoms with van der Waals surface area (Å²) in [4.78, 5) is 13.2. The van der Waals surface area contributed by atoms with Crippen LogP contribution in [0.15, 0.2) is 12.1 Å². The van der Waals surface area contributed by atoms with Gasteiger partial charge in [-0.15, -0.1) is 11.3 Å². The molecule has 0 radical (unpaired) electrons. The van der Waals surface area contributed by atoms with Gasteiger partial charge in [-0.3, -0.25) is 4.79 Å². The average molecular weight is 198 g/mol. The number of rotatable bonds is 4. The Kier molecular flexibility index (Phi) is 3.48. The standard InChI is InChI=1S/C10H14O2S/c1-3-8(10(11)12)6-9-5-4-7(2)13-9/h4-5,8H,3,6H2,1-2H3,(H,11,12)/t8-/m1/s1. The number of carboxylic acid groups (broad SMARTS) is 1. The third-order valence-electron chi connectivity index (χ3n) is 2.09. The molecule has 1 heterocycles. The minimum absolute atomic E-state index is 0.224. The Bertz CT molecular complexity index is 291. The summed E-state index contributed by atoms with van der Waals surface area (Å²) >= 11 is 1.69. The van der Waals surface area contributed by atoms with Crippen LogP contribution in [-0.4, -0.2) is 11.1 Å². The van der Waals surface area contributed by atoms with Crippen molar-refractivity contribution in [1.29, 1.82) is 0 Å². The fourth-order valence-corrected chi connectivity index (χ4v) is 2.21. The molecule has 0 unspecified atom stereocenters. The van der Waals surface area contributed by atoms with Gasteiger partial charge in [0.2, 0.25) is 0 Å². The van der Waals surface area contributed by atoms with Gasteiger partial charge in [0, 0.05) is 9.75 Å². The van der Waals surface area contributed by atoms with E-state index in [0.717, 1.165) is 0 Å². The predicted molar refractivity (Wildman–Crippen MR) is 54.2 cm³/mol. The van der Waals surface area contributed by atoms with Gasteiger partial charge in [0.15, 0.2) is 0 Å². The van der Waals surface area contributed by atoms with E-state index in [-0.39, 0.29) is 5.92 Å². The fourth-order valence-electron chi connectivity index (χ4n) is 1.24. The van der Waals surface area contributed by atoms with E-state index in [1.165, 1.54) is 9.75 Å². The highest BCUT2D eigenvalue weighted by Gasteiger charge is 2.15. The summed E-state index contributed by atoms with van der Waals surface area (Å²) in [5.74, 6) is -0.911. The van der Waals surface area contributed by atoms with Gasteiger partial charge in [0.1, 0.15) is 0 Å². The Morgan fingerprint density at radius 2 is 2.31 bits per heavy atom. The Balaban J connectivity index is 2.61. The molecular formula is C10H14O2S. The van der Waals surface area contributed by atoms with Crippen molar-refractivity contribution in [2.45, 2.75) is 26.7 Å². The van der Waals surface area contributed by atoms with E-state index < -0.39 is 5.97 Å². The molecule has 1 rings (SSSR count). The number of hydrogen-bond donors (Lipinski definition) is 1. The van der Waals surface area contributed by atoms with Gasteiger partial charge in [-0.2, -0.15) is 0 Å². The van der Waals surface area contributed by atoms with Crippen LogP contribution in [-0.2, 0) is 11.2 Å². The van der Waals surface area contributed by atoms with Crippen molar-refractivity contribution in [2.75, 3.05) is 0 Å². The van der Waals surface area contributed by atoms with Crippen molar-refractivity contribution in [2.24, 2.45) is 5.92 Å². The van der Waals surface area contributed by atoms with E-state index in [0.29, 0.717) is 12.8 Å². The average Bonchev–Trinajstić information content (AvgIpc) is 2.46. The molecule has 0 amide bonds. The highest BCUT2D eigenvalue weighted by atomic mass is 32.1. The fraction of sp³-hybridized carbons (Fsp3) is 0.500. The van der Waals surface area contributed by atoms with Gasteiger partial charge in [0.05, 0.1) is 5.92 Å². The topological polar surface area (TPSA) is 37.3 Å². The second-order valence-electron chi connectivity index (χ2n) is 3.16. The molecule has 2 nitrogen and oxygen atoms in total. The quantitative estimate of drug-likeness (QED) is 0.807. The Morgan fingerprint density at radius 1 is 1.62 bits per heavy atom. The van der Waals surface area contributed by atoms with E-state index in [1.54, 1.807) is 11.3 Å². The van der Waals surface area contributed by atoms with Crippen LogP contribution in [0.1, 0.15) is 23.1 Å². The molecule has 0 aliphatic rings. The molecule has 1 N–H and O–H groups in total. The highest BCUT2D eigenvalue weighted by molar-refractivity contribution is 7.11. The molecule has 0 fully saturated rings. The highest BCUT2D eigenvalue weighted by Crippen LogP contribution is 2.20. The molecule has 13 heavy (non-hydrogen) atoms. The van der Waals surface area contributed by atoms with Gasteiger partial charge >= 0.3 is 5.97 Å². The first-order valence-electron chi connectivity index (χ1n) is 4.41. The number of aryl methyl sites for hydroxylation is 1. The van der Waals surface area contributed by atoms with Gasteiger partial charge < -0.3 is 5.11 Å². The maximum atomic E-state index is 10.7. The summed E-state index contributed by atoms with van der Waals surface area (Å²) in [5, 5.41) is 8.85. The molecule has 1 aromatic rings. The molecule has 1 aromatic heterocycles. The Morgan fingerprint density at radius 3 is 2.69 bits per heavy atom. The van der Waals surface area contributed by atoms with Crippen molar-refractivity contribution >= 4 is 17.3 Å². The monoisotopic (exact) mass is 198 g/mol. The molecule has 0 aliphatic carbocycles. The molecule has 0 aliphatic heterocycles. The van der Waals surface area contributed by atoms with E-state index in [9.17, 15) is 4.79 Å². The minimum atomic E-state index is -0.687. The number of carbonyl (C=O) groups is 1. The summed E-state index contributed by atoms with van der Waals surface area (Å²) in [6, 6.07) is 4.06. The summed E-state index contributed by atoms with van der Waals surface area (Å²) in [5.41, 5.74) is 0. The van der Waals surface area contributed by atoms with E-state index in [2.05, 4.69) is 0 Å². The van der Waals surface area contributed by atoms with Crippen LogP contribution >= 0.6 is 11.3 Å². The van der Waals surface area contributed by atoms with Gasteiger partial charge in [-0.25, -0.2) is 0 Å². The van der Waals surface area contributed by atoms with E-state index in [4.69, 9.17) is 5.11 Å². The zero-order valence-corrected chi connectivity index (χ0v) is 8.73. The van der Waals surface area contributed by atoms with E-state index >= 15 is 0 Å². The molecule has 0 spiro atoms. The molecule has 0 saturated heterocycles. The summed E-state index contributed by atoms with van der Waals surface area (Å²) in [7, 11) is 0. The molecule has 1 atom stereocenters. The summed E-state index contributed by atoms with van der Waals surface area (Å²) in [6.45, 7) is 3.95. The Hall–Kier alpha value is -0.830. The van der Waals surface area contributed by atoms with Gasteiger partial charge in [-0.1, -0.05) is 6.92 Å². The number of aliphatic carboxylic acids is 1.